The van der Waals surface area contributed by atoms with Crippen molar-refractivity contribution in [3.05, 3.63) is 29.8 Å². The minimum absolute atomic E-state index is 0.0476. The fraction of sp³-hybridized carbons (Fsp3) is 0.500. The fourth-order valence-corrected chi connectivity index (χ4v) is 4.81. The van der Waals surface area contributed by atoms with Crippen molar-refractivity contribution >= 4 is 22.0 Å². The lowest BCUT2D eigenvalue weighted by Crippen LogP contribution is -2.51. The molecule has 2 heterocycles. The normalized spacial score (nSPS) is 19.7. The van der Waals surface area contributed by atoms with Crippen LogP contribution in [-0.4, -0.2) is 80.3 Å². The van der Waals surface area contributed by atoms with Crippen LogP contribution in [0.4, 0.5) is 18.0 Å². The van der Waals surface area contributed by atoms with E-state index in [0.717, 1.165) is 27.4 Å². The molecule has 0 unspecified atom stereocenters. The lowest BCUT2D eigenvalue weighted by Gasteiger charge is -2.34. The third kappa shape index (κ3) is 4.13. The van der Waals surface area contributed by atoms with Crippen molar-refractivity contribution in [1.82, 2.24) is 19.4 Å². The van der Waals surface area contributed by atoms with Crippen molar-refractivity contribution in [2.45, 2.75) is 11.1 Å². The summed E-state index contributed by atoms with van der Waals surface area (Å²) in [6, 6.07) is 3.61. The van der Waals surface area contributed by atoms with Crippen molar-refractivity contribution in [3.8, 4) is 0 Å². The van der Waals surface area contributed by atoms with E-state index in [1.165, 1.54) is 6.07 Å². The zero-order valence-corrected chi connectivity index (χ0v) is 15.6. The number of hydrogen-bond acceptors (Lipinski definition) is 5. The number of hydrogen-bond donors (Lipinski definition) is 1. The quantitative estimate of drug-likeness (QED) is 0.769. The van der Waals surface area contributed by atoms with E-state index in [-0.39, 0.29) is 39.3 Å². The van der Waals surface area contributed by atoms with E-state index in [9.17, 15) is 31.2 Å². The summed E-state index contributed by atoms with van der Waals surface area (Å²) >= 11 is 0. The van der Waals surface area contributed by atoms with Crippen LogP contribution >= 0.6 is 0 Å². The number of nitrogens with zero attached hydrogens (tertiary/aromatic N) is 3. The minimum Gasteiger partial charge on any atom is -0.336 e. The number of sulfonamides is 1. The van der Waals surface area contributed by atoms with Gasteiger partial charge in [0.1, 0.15) is 0 Å². The molecule has 0 atom stereocenters. The number of amides is 3. The van der Waals surface area contributed by atoms with Crippen LogP contribution < -0.4 is 5.32 Å². The standard InChI is InChI=1S/C16H19F3N4O4S/c17-16(18,19)12-3-1-2-4-13(12)28(26,27)22-9-7-21(8-10-22)11-14(24)23-6-5-20-15(23)25/h1-4H,5-11H2,(H,20,25). The van der Waals surface area contributed by atoms with Gasteiger partial charge in [-0.25, -0.2) is 13.2 Å². The third-order valence-electron chi connectivity index (χ3n) is 4.66. The molecular formula is C16H19F3N4O4S. The van der Waals surface area contributed by atoms with E-state index < -0.39 is 38.6 Å². The molecule has 2 saturated heterocycles. The van der Waals surface area contributed by atoms with Crippen LogP contribution in [0.1, 0.15) is 5.56 Å². The number of carbonyl (C=O) groups excluding carboxylic acids is 2. The SMILES string of the molecule is O=C(CN1CCN(S(=O)(=O)c2ccccc2C(F)(F)F)CC1)N1CCNC1=O. The van der Waals surface area contributed by atoms with Gasteiger partial charge in [0.2, 0.25) is 15.9 Å². The number of imide groups is 1. The molecule has 2 aliphatic heterocycles. The van der Waals surface area contributed by atoms with Gasteiger partial charge in [0.15, 0.2) is 0 Å². The van der Waals surface area contributed by atoms with Crippen LogP contribution in [0.15, 0.2) is 29.2 Å². The van der Waals surface area contributed by atoms with Crippen LogP contribution in [0.3, 0.4) is 0 Å². The summed E-state index contributed by atoms with van der Waals surface area (Å²) < 4.78 is 65.9. The zero-order chi connectivity index (χ0) is 20.5. The molecule has 12 heteroatoms. The molecule has 2 aliphatic rings. The molecule has 28 heavy (non-hydrogen) atoms. The Labute approximate surface area is 159 Å². The number of carbonyl (C=O) groups is 2. The van der Waals surface area contributed by atoms with Crippen molar-refractivity contribution in [2.24, 2.45) is 0 Å². The van der Waals surface area contributed by atoms with Crippen molar-refractivity contribution in [1.29, 1.82) is 0 Å². The average Bonchev–Trinajstić information content (AvgIpc) is 3.07. The monoisotopic (exact) mass is 420 g/mol. The van der Waals surface area contributed by atoms with Crippen molar-refractivity contribution < 1.29 is 31.2 Å². The van der Waals surface area contributed by atoms with Gasteiger partial charge in [0, 0.05) is 39.3 Å². The van der Waals surface area contributed by atoms with Crippen LogP contribution in [0, 0.1) is 0 Å². The zero-order valence-electron chi connectivity index (χ0n) is 14.8. The van der Waals surface area contributed by atoms with Crippen LogP contribution in [-0.2, 0) is 21.0 Å². The van der Waals surface area contributed by atoms with Crippen LogP contribution in [0.25, 0.3) is 0 Å². The Bertz CT molecular complexity index is 867. The summed E-state index contributed by atoms with van der Waals surface area (Å²) in [5.74, 6) is -0.395. The van der Waals surface area contributed by atoms with E-state index in [1.54, 1.807) is 4.90 Å². The molecule has 8 nitrogen and oxygen atoms in total. The maximum Gasteiger partial charge on any atom is 0.417 e. The number of nitrogens with one attached hydrogen (secondary N) is 1. The molecule has 0 aliphatic carbocycles. The second kappa shape index (κ2) is 7.68. The van der Waals surface area contributed by atoms with Gasteiger partial charge < -0.3 is 5.32 Å². The van der Waals surface area contributed by atoms with Gasteiger partial charge in [-0.15, -0.1) is 0 Å². The highest BCUT2D eigenvalue weighted by Gasteiger charge is 2.39. The Morgan fingerprint density at radius 2 is 1.71 bits per heavy atom. The number of benzene rings is 1. The Hall–Kier alpha value is -2.18. The molecule has 0 aromatic heterocycles. The lowest BCUT2D eigenvalue weighted by molar-refractivity contribution is -0.140. The number of urea groups is 1. The molecule has 2 fully saturated rings. The van der Waals surface area contributed by atoms with Gasteiger partial charge in [-0.1, -0.05) is 12.1 Å². The summed E-state index contributed by atoms with van der Waals surface area (Å²) in [7, 11) is -4.32. The highest BCUT2D eigenvalue weighted by molar-refractivity contribution is 7.89. The van der Waals surface area contributed by atoms with E-state index in [1.807, 2.05) is 0 Å². The molecule has 3 rings (SSSR count). The summed E-state index contributed by atoms with van der Waals surface area (Å²) in [5, 5.41) is 2.52. The fourth-order valence-electron chi connectivity index (χ4n) is 3.18. The largest absolute Gasteiger partial charge is 0.417 e. The molecule has 3 amide bonds. The Balaban J connectivity index is 1.66. The van der Waals surface area contributed by atoms with E-state index >= 15 is 0 Å². The number of rotatable bonds is 4. The minimum atomic E-state index is -4.78. The van der Waals surface area contributed by atoms with E-state index in [4.69, 9.17) is 0 Å². The maximum absolute atomic E-state index is 13.2. The Morgan fingerprint density at radius 1 is 1.07 bits per heavy atom. The van der Waals surface area contributed by atoms with Gasteiger partial charge >= 0.3 is 12.2 Å². The number of piperazine rings is 1. The molecule has 154 valence electrons. The predicted octanol–water partition coefficient (Wildman–Crippen LogP) is 0.564. The highest BCUT2D eigenvalue weighted by atomic mass is 32.2. The molecule has 0 bridgehead atoms. The third-order valence-corrected chi connectivity index (χ3v) is 6.62. The molecule has 1 N–H and O–H groups in total. The van der Waals surface area contributed by atoms with Crippen LogP contribution in [0.2, 0.25) is 0 Å². The maximum atomic E-state index is 13.2. The second-order valence-electron chi connectivity index (χ2n) is 6.45. The average molecular weight is 420 g/mol. The molecule has 0 saturated carbocycles. The van der Waals surface area contributed by atoms with E-state index in [2.05, 4.69) is 5.32 Å². The number of halogens is 3. The first-order valence-corrected chi connectivity index (χ1v) is 10.0. The Morgan fingerprint density at radius 3 is 2.29 bits per heavy atom. The first-order chi connectivity index (χ1) is 13.1. The highest BCUT2D eigenvalue weighted by Crippen LogP contribution is 2.35. The van der Waals surface area contributed by atoms with E-state index in [0.29, 0.717) is 6.54 Å². The topological polar surface area (TPSA) is 90.0 Å². The summed E-state index contributed by atoms with van der Waals surface area (Å²) in [5.41, 5.74) is -1.20. The Kier molecular flexibility index (Phi) is 5.64. The number of alkyl halides is 3. The molecule has 1 aromatic rings. The smallest absolute Gasteiger partial charge is 0.336 e. The molecule has 1 aromatic carbocycles. The molecule has 0 radical (unpaired) electrons. The van der Waals surface area contributed by atoms with Crippen molar-refractivity contribution in [3.63, 3.8) is 0 Å². The lowest BCUT2D eigenvalue weighted by atomic mass is 10.2. The summed E-state index contributed by atoms with van der Waals surface area (Å²) in [4.78, 5) is 25.6. The van der Waals surface area contributed by atoms with Gasteiger partial charge in [0.25, 0.3) is 0 Å². The van der Waals surface area contributed by atoms with Gasteiger partial charge in [-0.05, 0) is 12.1 Å². The van der Waals surface area contributed by atoms with Gasteiger partial charge in [-0.2, -0.15) is 17.5 Å². The summed E-state index contributed by atoms with van der Waals surface area (Å²) in [6.07, 6.45) is -4.78. The van der Waals surface area contributed by atoms with Crippen LogP contribution in [0.5, 0.6) is 0 Å². The van der Waals surface area contributed by atoms with Crippen molar-refractivity contribution in [2.75, 3.05) is 45.8 Å². The molecule has 0 spiro atoms. The van der Waals surface area contributed by atoms with Gasteiger partial charge in [0.05, 0.1) is 17.0 Å². The summed E-state index contributed by atoms with van der Waals surface area (Å²) in [6.45, 7) is 0.862. The first-order valence-electron chi connectivity index (χ1n) is 8.57. The second-order valence-corrected chi connectivity index (χ2v) is 8.36. The molecular weight excluding hydrogens is 401 g/mol. The van der Waals surface area contributed by atoms with Gasteiger partial charge in [-0.3, -0.25) is 14.6 Å². The predicted molar refractivity (Wildman–Crippen MR) is 91.8 cm³/mol. The first kappa shape index (κ1) is 20.6.